The van der Waals surface area contributed by atoms with Crippen LogP contribution in [0.3, 0.4) is 0 Å². The van der Waals surface area contributed by atoms with Crippen LogP contribution in [0.25, 0.3) is 0 Å². The Hall–Kier alpha value is -0.120. The molecule has 30 heavy (non-hydrogen) atoms. The Bertz CT molecular complexity index is 584. The van der Waals surface area contributed by atoms with Gasteiger partial charge in [0.05, 0.1) is 12.6 Å². The van der Waals surface area contributed by atoms with E-state index in [0.717, 1.165) is 25.7 Å². The van der Waals surface area contributed by atoms with Crippen molar-refractivity contribution in [1.82, 2.24) is 20.4 Å². The lowest BCUT2D eigenvalue weighted by molar-refractivity contribution is -0.106. The predicted molar refractivity (Wildman–Crippen MR) is 135 cm³/mol. The third-order valence-corrected chi connectivity index (χ3v) is 8.21. The number of fused-ring (bicyclic) bond motifs is 1. The SMILES string of the molecule is CCNC(=NCC1(N2CCCCC2)CCN(C)CC1)NC1C2CCOC2C1(C)C.I. The van der Waals surface area contributed by atoms with Gasteiger partial charge in [-0.25, -0.2) is 0 Å². The van der Waals surface area contributed by atoms with Crippen LogP contribution in [-0.4, -0.2) is 86.4 Å². The van der Waals surface area contributed by atoms with E-state index in [2.05, 4.69) is 48.3 Å². The van der Waals surface area contributed by atoms with Gasteiger partial charge in [0, 0.05) is 36.1 Å². The van der Waals surface area contributed by atoms with Gasteiger partial charge < -0.3 is 20.3 Å². The fraction of sp³-hybridized carbons (Fsp3) is 0.957. The summed E-state index contributed by atoms with van der Waals surface area (Å²) in [6.07, 6.45) is 8.14. The molecular weight excluding hydrogens is 489 g/mol. The maximum absolute atomic E-state index is 5.99. The van der Waals surface area contributed by atoms with E-state index in [0.29, 0.717) is 18.1 Å². The average molecular weight is 534 g/mol. The van der Waals surface area contributed by atoms with Crippen LogP contribution in [0.15, 0.2) is 4.99 Å². The number of hydrogen-bond acceptors (Lipinski definition) is 4. The lowest BCUT2D eigenvalue weighted by Crippen LogP contribution is -2.68. The fourth-order valence-electron chi connectivity index (χ4n) is 6.29. The molecule has 0 spiro atoms. The van der Waals surface area contributed by atoms with E-state index >= 15 is 0 Å². The Kier molecular flexibility index (Phi) is 8.35. The first-order valence-electron chi connectivity index (χ1n) is 12.1. The number of halogens is 1. The number of likely N-dealkylation sites (tertiary alicyclic amines) is 2. The monoisotopic (exact) mass is 533 g/mol. The Labute approximate surface area is 201 Å². The molecule has 1 aliphatic carbocycles. The molecule has 3 atom stereocenters. The van der Waals surface area contributed by atoms with Crippen molar-refractivity contribution in [2.75, 3.05) is 52.9 Å². The van der Waals surface area contributed by atoms with Crippen molar-refractivity contribution in [3.8, 4) is 0 Å². The lowest BCUT2D eigenvalue weighted by atomic mass is 9.57. The maximum atomic E-state index is 5.99. The Morgan fingerprint density at radius 3 is 2.47 bits per heavy atom. The molecular formula is C23H44IN5O. The van der Waals surface area contributed by atoms with Crippen LogP contribution < -0.4 is 10.6 Å². The summed E-state index contributed by atoms with van der Waals surface area (Å²) < 4.78 is 5.99. The highest BCUT2D eigenvalue weighted by molar-refractivity contribution is 14.0. The summed E-state index contributed by atoms with van der Waals surface area (Å²) in [5.41, 5.74) is 0.416. The number of piperidine rings is 2. The predicted octanol–water partition coefficient (Wildman–Crippen LogP) is 2.92. The summed E-state index contributed by atoms with van der Waals surface area (Å²) in [7, 11) is 2.26. The smallest absolute Gasteiger partial charge is 0.191 e. The van der Waals surface area contributed by atoms with E-state index in [1.165, 1.54) is 64.7 Å². The van der Waals surface area contributed by atoms with Crippen LogP contribution >= 0.6 is 24.0 Å². The summed E-state index contributed by atoms with van der Waals surface area (Å²) in [4.78, 5) is 10.5. The second kappa shape index (κ2) is 10.2. The van der Waals surface area contributed by atoms with Crippen molar-refractivity contribution in [3.05, 3.63) is 0 Å². The van der Waals surface area contributed by atoms with E-state index in [1.54, 1.807) is 0 Å². The van der Waals surface area contributed by atoms with E-state index in [-0.39, 0.29) is 34.9 Å². The second-order valence-corrected chi connectivity index (χ2v) is 10.5. The van der Waals surface area contributed by atoms with Crippen molar-refractivity contribution in [3.63, 3.8) is 0 Å². The molecule has 4 rings (SSSR count). The quantitative estimate of drug-likeness (QED) is 0.324. The molecule has 1 saturated carbocycles. The van der Waals surface area contributed by atoms with Crippen molar-refractivity contribution in [2.45, 2.75) is 77.0 Å². The van der Waals surface area contributed by atoms with Crippen molar-refractivity contribution < 1.29 is 4.74 Å². The number of guanidine groups is 1. The van der Waals surface area contributed by atoms with E-state index in [4.69, 9.17) is 9.73 Å². The highest BCUT2D eigenvalue weighted by Gasteiger charge is 2.59. The number of ether oxygens (including phenoxy) is 1. The van der Waals surface area contributed by atoms with Crippen LogP contribution in [0.1, 0.15) is 59.3 Å². The standard InChI is InChI=1S/C23H43N5O.HI/c1-5-24-21(26-19-18-9-16-29-20(18)22(19,2)3)25-17-23(10-14-27(4)15-11-23)28-12-7-6-8-13-28;/h18-20H,5-17H2,1-4H3,(H2,24,25,26);1H. The number of aliphatic imine (C=N–C) groups is 1. The molecule has 0 amide bonds. The minimum Gasteiger partial charge on any atom is -0.377 e. The van der Waals surface area contributed by atoms with Crippen LogP contribution in [0, 0.1) is 11.3 Å². The molecule has 0 aromatic heterocycles. The average Bonchev–Trinajstić information content (AvgIpc) is 3.19. The fourth-order valence-corrected chi connectivity index (χ4v) is 6.29. The van der Waals surface area contributed by atoms with Gasteiger partial charge in [-0.2, -0.15) is 0 Å². The van der Waals surface area contributed by atoms with Gasteiger partial charge in [-0.05, 0) is 72.3 Å². The van der Waals surface area contributed by atoms with Crippen molar-refractivity contribution in [2.24, 2.45) is 16.3 Å². The maximum Gasteiger partial charge on any atom is 0.191 e. The van der Waals surface area contributed by atoms with E-state index < -0.39 is 0 Å². The van der Waals surface area contributed by atoms with E-state index in [9.17, 15) is 0 Å². The minimum absolute atomic E-state index is 0. The first-order valence-corrected chi connectivity index (χ1v) is 12.1. The van der Waals surface area contributed by atoms with Crippen LogP contribution in [0.5, 0.6) is 0 Å². The topological polar surface area (TPSA) is 52.1 Å². The second-order valence-electron chi connectivity index (χ2n) is 10.5. The van der Waals surface area contributed by atoms with Crippen molar-refractivity contribution >= 4 is 29.9 Å². The van der Waals surface area contributed by atoms with Gasteiger partial charge in [-0.3, -0.25) is 9.89 Å². The first kappa shape index (κ1) is 24.5. The number of rotatable bonds is 5. The highest BCUT2D eigenvalue weighted by atomic mass is 127. The molecule has 0 aromatic carbocycles. The number of hydrogen-bond donors (Lipinski definition) is 2. The summed E-state index contributed by atoms with van der Waals surface area (Å²) >= 11 is 0. The van der Waals surface area contributed by atoms with Gasteiger partial charge >= 0.3 is 0 Å². The number of nitrogens with zero attached hydrogens (tertiary/aromatic N) is 3. The molecule has 2 N–H and O–H groups in total. The molecule has 0 aromatic rings. The van der Waals surface area contributed by atoms with Gasteiger partial charge in [-0.15, -0.1) is 24.0 Å². The molecule has 3 heterocycles. The molecule has 3 aliphatic heterocycles. The lowest BCUT2D eigenvalue weighted by Gasteiger charge is -2.55. The zero-order chi connectivity index (χ0) is 20.5. The highest BCUT2D eigenvalue weighted by Crippen LogP contribution is 2.52. The Morgan fingerprint density at radius 2 is 1.80 bits per heavy atom. The molecule has 0 radical (unpaired) electrons. The van der Waals surface area contributed by atoms with Gasteiger partial charge in [0.2, 0.25) is 0 Å². The normalized spacial score (nSPS) is 33.9. The van der Waals surface area contributed by atoms with Crippen LogP contribution in [-0.2, 0) is 4.74 Å². The third-order valence-electron chi connectivity index (χ3n) is 8.21. The number of nitrogens with one attached hydrogen (secondary N) is 2. The van der Waals surface area contributed by atoms with Crippen molar-refractivity contribution in [1.29, 1.82) is 0 Å². The van der Waals surface area contributed by atoms with E-state index in [1.807, 2.05) is 0 Å². The first-order chi connectivity index (χ1) is 14.0. The summed E-state index contributed by atoms with van der Waals surface area (Å²) in [6.45, 7) is 14.5. The van der Waals surface area contributed by atoms with Crippen LogP contribution in [0.4, 0.5) is 0 Å². The largest absolute Gasteiger partial charge is 0.377 e. The molecule has 4 aliphatic rings. The van der Waals surface area contributed by atoms with Crippen LogP contribution in [0.2, 0.25) is 0 Å². The molecule has 3 saturated heterocycles. The molecule has 7 heteroatoms. The van der Waals surface area contributed by atoms with Gasteiger partial charge in [0.25, 0.3) is 0 Å². The van der Waals surface area contributed by atoms with Gasteiger partial charge in [0.1, 0.15) is 0 Å². The molecule has 174 valence electrons. The molecule has 6 nitrogen and oxygen atoms in total. The summed E-state index contributed by atoms with van der Waals surface area (Å²) in [6, 6.07) is 0.455. The molecule has 0 bridgehead atoms. The Morgan fingerprint density at radius 1 is 1.10 bits per heavy atom. The summed E-state index contributed by atoms with van der Waals surface area (Å²) in [5, 5.41) is 7.35. The van der Waals surface area contributed by atoms with Gasteiger partial charge in [0.15, 0.2) is 5.96 Å². The zero-order valence-electron chi connectivity index (χ0n) is 19.6. The molecule has 4 fully saturated rings. The third kappa shape index (κ3) is 4.79. The zero-order valence-corrected chi connectivity index (χ0v) is 21.9. The summed E-state index contributed by atoms with van der Waals surface area (Å²) in [5.74, 6) is 1.64. The molecule has 3 unspecified atom stereocenters. The van der Waals surface area contributed by atoms with Gasteiger partial charge in [-0.1, -0.05) is 20.3 Å². The Balaban J connectivity index is 0.00000256. The minimum atomic E-state index is 0.